The third kappa shape index (κ3) is 4.56. The van der Waals surface area contributed by atoms with Crippen LogP contribution in [0.25, 0.3) is 0 Å². The van der Waals surface area contributed by atoms with Gasteiger partial charge >= 0.3 is 0 Å². The maximum absolute atomic E-state index is 5.81. The van der Waals surface area contributed by atoms with Gasteiger partial charge in [0.05, 0.1) is 6.04 Å². The summed E-state index contributed by atoms with van der Waals surface area (Å²) in [5.74, 6) is 1.52. The van der Waals surface area contributed by atoms with Crippen molar-refractivity contribution in [1.29, 1.82) is 0 Å². The predicted octanol–water partition coefficient (Wildman–Crippen LogP) is 2.43. The largest absolute Gasteiger partial charge is 0.368 e. The first-order valence-corrected chi connectivity index (χ1v) is 8.65. The van der Waals surface area contributed by atoms with Gasteiger partial charge in [-0.25, -0.2) is 0 Å². The van der Waals surface area contributed by atoms with Crippen LogP contribution in [0.3, 0.4) is 0 Å². The highest BCUT2D eigenvalue weighted by molar-refractivity contribution is 7.98. The number of nitrogens with two attached hydrogens (primary N) is 1. The molecule has 0 aliphatic carbocycles. The van der Waals surface area contributed by atoms with E-state index in [1.807, 2.05) is 19.0 Å². The smallest absolute Gasteiger partial charge is 0.229 e. The molecule has 0 saturated heterocycles. The monoisotopic (exact) mass is 332 g/mol. The van der Waals surface area contributed by atoms with Gasteiger partial charge in [-0.1, -0.05) is 12.1 Å². The molecule has 2 rings (SSSR count). The minimum atomic E-state index is 0.0410. The number of nitrogens with zero attached hydrogens (tertiary/aromatic N) is 5. The molecule has 0 amide bonds. The Bertz CT molecular complexity index is 644. The zero-order chi connectivity index (χ0) is 17.0. The number of benzene rings is 1. The van der Waals surface area contributed by atoms with Crippen molar-refractivity contribution in [3.8, 4) is 0 Å². The number of rotatable bonds is 6. The van der Waals surface area contributed by atoms with Crippen LogP contribution in [-0.2, 0) is 6.54 Å². The highest BCUT2D eigenvalue weighted by atomic mass is 32.2. The van der Waals surface area contributed by atoms with E-state index in [0.29, 0.717) is 11.8 Å². The summed E-state index contributed by atoms with van der Waals surface area (Å²) in [5, 5.41) is 0. The lowest BCUT2D eigenvalue weighted by molar-refractivity contribution is 0.243. The van der Waals surface area contributed by atoms with E-state index < -0.39 is 0 Å². The molecule has 1 aromatic heterocycles. The predicted molar refractivity (Wildman–Crippen MR) is 96.7 cm³/mol. The van der Waals surface area contributed by atoms with E-state index in [1.54, 1.807) is 11.8 Å². The van der Waals surface area contributed by atoms with Crippen LogP contribution in [0, 0.1) is 0 Å². The molecule has 0 spiro atoms. The summed E-state index contributed by atoms with van der Waals surface area (Å²) < 4.78 is 0. The normalized spacial score (nSPS) is 12.4. The van der Waals surface area contributed by atoms with E-state index >= 15 is 0 Å². The van der Waals surface area contributed by atoms with Crippen molar-refractivity contribution in [3.05, 3.63) is 35.7 Å². The maximum Gasteiger partial charge on any atom is 0.229 e. The van der Waals surface area contributed by atoms with Crippen LogP contribution in [0.4, 0.5) is 11.9 Å². The Kier molecular flexibility index (Phi) is 5.79. The molecule has 2 aromatic rings. The molecule has 0 fully saturated rings. The van der Waals surface area contributed by atoms with Gasteiger partial charge in [-0.2, -0.15) is 15.0 Å². The highest BCUT2D eigenvalue weighted by Crippen LogP contribution is 2.21. The minimum absolute atomic E-state index is 0.0410. The second-order valence-corrected chi connectivity index (χ2v) is 6.57. The fourth-order valence-corrected chi connectivity index (χ4v) is 2.55. The van der Waals surface area contributed by atoms with Gasteiger partial charge in [-0.15, -0.1) is 11.8 Å². The van der Waals surface area contributed by atoms with Crippen LogP contribution in [0.1, 0.15) is 24.4 Å². The van der Waals surface area contributed by atoms with Crippen LogP contribution in [-0.4, -0.2) is 47.3 Å². The molecule has 1 atom stereocenters. The quantitative estimate of drug-likeness (QED) is 0.815. The molecule has 2 N–H and O–H groups in total. The molecule has 124 valence electrons. The average molecular weight is 332 g/mol. The molecule has 1 unspecified atom stereocenters. The van der Waals surface area contributed by atoms with Crippen LogP contribution in [0.2, 0.25) is 0 Å². The SMILES string of the molecule is CSc1ccc(CN(C)C(C)c2nc(N)nc(N(C)C)n2)cc1. The Labute approximate surface area is 142 Å². The molecule has 6 nitrogen and oxygen atoms in total. The molecule has 0 aliphatic heterocycles. The highest BCUT2D eigenvalue weighted by Gasteiger charge is 2.17. The van der Waals surface area contributed by atoms with Gasteiger partial charge < -0.3 is 10.6 Å². The third-order valence-corrected chi connectivity index (χ3v) is 4.43. The average Bonchev–Trinajstić information content (AvgIpc) is 2.54. The van der Waals surface area contributed by atoms with Gasteiger partial charge in [-0.3, -0.25) is 4.90 Å². The van der Waals surface area contributed by atoms with Crippen molar-refractivity contribution in [2.75, 3.05) is 38.0 Å². The zero-order valence-corrected chi connectivity index (χ0v) is 15.1. The van der Waals surface area contributed by atoms with E-state index in [-0.39, 0.29) is 12.0 Å². The fraction of sp³-hybridized carbons (Fsp3) is 0.438. The van der Waals surface area contributed by atoms with Crippen LogP contribution in [0.15, 0.2) is 29.2 Å². The van der Waals surface area contributed by atoms with Crippen LogP contribution in [0.5, 0.6) is 0 Å². The fourth-order valence-electron chi connectivity index (χ4n) is 2.14. The molecule has 0 aliphatic rings. The minimum Gasteiger partial charge on any atom is -0.368 e. The number of anilines is 2. The lowest BCUT2D eigenvalue weighted by Crippen LogP contribution is -2.25. The molecule has 7 heteroatoms. The molecule has 23 heavy (non-hydrogen) atoms. The number of hydrogen-bond acceptors (Lipinski definition) is 7. The maximum atomic E-state index is 5.81. The van der Waals surface area contributed by atoms with E-state index in [9.17, 15) is 0 Å². The number of thioether (sulfide) groups is 1. The number of hydrogen-bond donors (Lipinski definition) is 1. The standard InChI is InChI=1S/C16H24N6S/c1-11(14-18-15(17)20-16(19-14)21(2)3)22(4)10-12-6-8-13(23-5)9-7-12/h6-9,11H,10H2,1-5H3,(H2,17,18,19,20). The summed E-state index contributed by atoms with van der Waals surface area (Å²) >= 11 is 1.75. The zero-order valence-electron chi connectivity index (χ0n) is 14.3. The first-order valence-electron chi connectivity index (χ1n) is 7.42. The number of aromatic nitrogens is 3. The van der Waals surface area contributed by atoms with Gasteiger partial charge in [-0.05, 0) is 37.9 Å². The molecular weight excluding hydrogens is 308 g/mol. The number of nitrogen functional groups attached to an aromatic ring is 1. The lowest BCUT2D eigenvalue weighted by atomic mass is 10.2. The molecule has 1 heterocycles. The van der Waals surface area contributed by atoms with Gasteiger partial charge in [0.1, 0.15) is 0 Å². The van der Waals surface area contributed by atoms with Crippen LogP contribution < -0.4 is 10.6 Å². The Balaban J connectivity index is 2.13. The van der Waals surface area contributed by atoms with Crippen molar-refractivity contribution < 1.29 is 0 Å². The Morgan fingerprint density at radius 2 is 1.74 bits per heavy atom. The Hall–Kier alpha value is -1.86. The summed E-state index contributed by atoms with van der Waals surface area (Å²) in [6.07, 6.45) is 2.08. The van der Waals surface area contributed by atoms with Gasteiger partial charge in [0.25, 0.3) is 0 Å². The summed E-state index contributed by atoms with van der Waals surface area (Å²) in [5.41, 5.74) is 7.07. The van der Waals surface area contributed by atoms with Gasteiger partial charge in [0, 0.05) is 25.5 Å². The van der Waals surface area contributed by atoms with E-state index in [1.165, 1.54) is 10.5 Å². The lowest BCUT2D eigenvalue weighted by Gasteiger charge is -2.24. The summed E-state index contributed by atoms with van der Waals surface area (Å²) in [7, 11) is 5.84. The molecular formula is C16H24N6S. The first kappa shape index (κ1) is 17.5. The van der Waals surface area contributed by atoms with E-state index in [2.05, 4.69) is 64.3 Å². The molecule has 1 aromatic carbocycles. The third-order valence-electron chi connectivity index (χ3n) is 3.68. The molecule has 0 radical (unpaired) electrons. The van der Waals surface area contributed by atoms with Crippen molar-refractivity contribution >= 4 is 23.7 Å². The summed E-state index contributed by atoms with van der Waals surface area (Å²) in [4.78, 5) is 18.2. The van der Waals surface area contributed by atoms with E-state index in [0.717, 1.165) is 6.54 Å². The first-order chi connectivity index (χ1) is 10.9. The second kappa shape index (κ2) is 7.61. The van der Waals surface area contributed by atoms with E-state index in [4.69, 9.17) is 5.73 Å². The summed E-state index contributed by atoms with van der Waals surface area (Å²) in [6, 6.07) is 8.64. The van der Waals surface area contributed by atoms with Gasteiger partial charge in [0.15, 0.2) is 5.82 Å². The van der Waals surface area contributed by atoms with Crippen molar-refractivity contribution in [2.24, 2.45) is 0 Å². The Morgan fingerprint density at radius 3 is 2.30 bits per heavy atom. The van der Waals surface area contributed by atoms with Crippen molar-refractivity contribution in [3.63, 3.8) is 0 Å². The molecule has 0 bridgehead atoms. The van der Waals surface area contributed by atoms with Gasteiger partial charge in [0.2, 0.25) is 11.9 Å². The van der Waals surface area contributed by atoms with Crippen molar-refractivity contribution in [2.45, 2.75) is 24.4 Å². The topological polar surface area (TPSA) is 71.2 Å². The molecule has 0 saturated carbocycles. The van der Waals surface area contributed by atoms with Crippen LogP contribution >= 0.6 is 11.8 Å². The summed E-state index contributed by atoms with van der Waals surface area (Å²) in [6.45, 7) is 2.89. The second-order valence-electron chi connectivity index (χ2n) is 5.69. The van der Waals surface area contributed by atoms with Crippen molar-refractivity contribution in [1.82, 2.24) is 19.9 Å². The Morgan fingerprint density at radius 1 is 1.09 bits per heavy atom.